The quantitative estimate of drug-likeness (QED) is 0.806. The molecule has 2 aromatic carbocycles. The van der Waals surface area contributed by atoms with Crippen LogP contribution in [-0.2, 0) is 0 Å². The van der Waals surface area contributed by atoms with E-state index in [4.69, 9.17) is 0 Å². The van der Waals surface area contributed by atoms with Gasteiger partial charge >= 0.3 is 0 Å². The number of hydrogen-bond donors (Lipinski definition) is 1. The highest BCUT2D eigenvalue weighted by Crippen LogP contribution is 2.17. The lowest BCUT2D eigenvalue weighted by molar-refractivity contribution is 0.0358. The highest BCUT2D eigenvalue weighted by Gasteiger charge is 2.29. The van der Waals surface area contributed by atoms with Gasteiger partial charge in [-0.3, -0.25) is 15.0 Å². The Balaban J connectivity index is 2.27. The Bertz CT molecular complexity index is 708. The summed E-state index contributed by atoms with van der Waals surface area (Å²) in [5.41, 5.74) is 3.17. The summed E-state index contributed by atoms with van der Waals surface area (Å²) in [4.78, 5) is 25.2. The maximum Gasteiger partial charge on any atom is 0.272 e. The second-order valence-electron chi connectivity index (χ2n) is 6.13. The molecule has 0 aliphatic carbocycles. The van der Waals surface area contributed by atoms with E-state index in [1.54, 1.807) is 42.5 Å². The summed E-state index contributed by atoms with van der Waals surface area (Å²) in [5, 5.41) is 1.37. The molecule has 120 valence electrons. The van der Waals surface area contributed by atoms with E-state index in [1.165, 1.54) is 5.01 Å². The number of carbonyl (C=O) groups excluding carboxylic acids is 2. The monoisotopic (exact) mass is 374 g/mol. The lowest BCUT2D eigenvalue weighted by Crippen LogP contribution is -2.55. The van der Waals surface area contributed by atoms with Crippen molar-refractivity contribution in [3.8, 4) is 0 Å². The fourth-order valence-corrected chi connectivity index (χ4v) is 2.43. The molecular formula is C18H19BrN2O2. The first-order valence-corrected chi connectivity index (χ1v) is 8.04. The molecule has 0 heterocycles. The number of halogens is 1. The van der Waals surface area contributed by atoms with Gasteiger partial charge in [0.15, 0.2) is 0 Å². The van der Waals surface area contributed by atoms with E-state index in [1.807, 2.05) is 32.9 Å². The van der Waals surface area contributed by atoms with Crippen molar-refractivity contribution < 1.29 is 9.59 Å². The molecule has 0 unspecified atom stereocenters. The Hall–Kier alpha value is -2.14. The van der Waals surface area contributed by atoms with Crippen molar-refractivity contribution in [3.05, 3.63) is 70.2 Å². The normalized spacial score (nSPS) is 11.0. The van der Waals surface area contributed by atoms with Crippen LogP contribution in [0.1, 0.15) is 41.5 Å². The Morgan fingerprint density at radius 1 is 0.957 bits per heavy atom. The van der Waals surface area contributed by atoms with Gasteiger partial charge in [-0.05, 0) is 51.1 Å². The molecule has 0 aliphatic heterocycles. The number of hydrogen-bond acceptors (Lipinski definition) is 2. The van der Waals surface area contributed by atoms with Crippen molar-refractivity contribution in [3.63, 3.8) is 0 Å². The fourth-order valence-electron chi connectivity index (χ4n) is 2.03. The van der Waals surface area contributed by atoms with Crippen LogP contribution >= 0.6 is 15.9 Å². The van der Waals surface area contributed by atoms with E-state index >= 15 is 0 Å². The third kappa shape index (κ3) is 4.42. The van der Waals surface area contributed by atoms with Crippen molar-refractivity contribution in [2.75, 3.05) is 0 Å². The molecule has 2 aromatic rings. The van der Waals surface area contributed by atoms with Crippen LogP contribution in [0.3, 0.4) is 0 Å². The molecule has 2 rings (SSSR count). The summed E-state index contributed by atoms with van der Waals surface area (Å²) in [6.07, 6.45) is 0. The van der Waals surface area contributed by atoms with Crippen LogP contribution in [0.2, 0.25) is 0 Å². The van der Waals surface area contributed by atoms with Crippen molar-refractivity contribution in [2.45, 2.75) is 26.3 Å². The number of nitrogens with one attached hydrogen (secondary N) is 1. The molecule has 0 atom stereocenters. The predicted molar refractivity (Wildman–Crippen MR) is 94.0 cm³/mol. The molecule has 23 heavy (non-hydrogen) atoms. The average molecular weight is 375 g/mol. The van der Waals surface area contributed by atoms with Gasteiger partial charge in [-0.1, -0.05) is 40.2 Å². The molecule has 0 bridgehead atoms. The molecule has 2 amide bonds. The summed E-state index contributed by atoms with van der Waals surface area (Å²) < 4.78 is 0.807. The molecule has 0 radical (unpaired) electrons. The maximum absolute atomic E-state index is 12.7. The summed E-state index contributed by atoms with van der Waals surface area (Å²) >= 11 is 3.34. The lowest BCUT2D eigenvalue weighted by atomic mass is 10.1. The van der Waals surface area contributed by atoms with Gasteiger partial charge in [0.25, 0.3) is 11.8 Å². The van der Waals surface area contributed by atoms with Crippen molar-refractivity contribution in [1.29, 1.82) is 0 Å². The van der Waals surface area contributed by atoms with Crippen LogP contribution in [0.5, 0.6) is 0 Å². The first-order valence-electron chi connectivity index (χ1n) is 7.25. The largest absolute Gasteiger partial charge is 0.272 e. The number of hydrazine groups is 1. The zero-order chi connectivity index (χ0) is 17.0. The first kappa shape index (κ1) is 17.2. The summed E-state index contributed by atoms with van der Waals surface area (Å²) in [7, 11) is 0. The van der Waals surface area contributed by atoms with Gasteiger partial charge in [-0.2, -0.15) is 0 Å². The molecule has 0 aliphatic rings. The summed E-state index contributed by atoms with van der Waals surface area (Å²) in [5.74, 6) is -0.577. The van der Waals surface area contributed by atoms with Crippen LogP contribution in [0.4, 0.5) is 0 Å². The van der Waals surface area contributed by atoms with Gasteiger partial charge in [0.05, 0.1) is 5.54 Å². The van der Waals surface area contributed by atoms with E-state index in [9.17, 15) is 9.59 Å². The Labute approximate surface area is 144 Å². The number of amides is 2. The van der Waals surface area contributed by atoms with E-state index in [0.29, 0.717) is 11.1 Å². The molecular weight excluding hydrogens is 356 g/mol. The van der Waals surface area contributed by atoms with Crippen molar-refractivity contribution in [2.24, 2.45) is 0 Å². The number of carbonyl (C=O) groups is 2. The van der Waals surface area contributed by atoms with Gasteiger partial charge < -0.3 is 0 Å². The maximum atomic E-state index is 12.7. The number of rotatable bonds is 2. The van der Waals surface area contributed by atoms with Crippen molar-refractivity contribution >= 4 is 27.7 Å². The highest BCUT2D eigenvalue weighted by molar-refractivity contribution is 9.10. The molecule has 0 saturated heterocycles. The first-order chi connectivity index (χ1) is 10.8. The van der Waals surface area contributed by atoms with Gasteiger partial charge in [0.1, 0.15) is 0 Å². The van der Waals surface area contributed by atoms with E-state index in [-0.39, 0.29) is 11.8 Å². The molecule has 1 N–H and O–H groups in total. The zero-order valence-electron chi connectivity index (χ0n) is 13.3. The van der Waals surface area contributed by atoms with E-state index < -0.39 is 5.54 Å². The Morgan fingerprint density at radius 3 is 2.13 bits per heavy atom. The molecule has 0 saturated carbocycles. The van der Waals surface area contributed by atoms with Gasteiger partial charge in [-0.25, -0.2) is 5.01 Å². The SMILES string of the molecule is CC(C)(C)N(NC(=O)c1cccc(Br)c1)C(=O)c1ccccc1. The minimum atomic E-state index is -0.561. The topological polar surface area (TPSA) is 49.4 Å². The second-order valence-corrected chi connectivity index (χ2v) is 7.04. The van der Waals surface area contributed by atoms with E-state index in [0.717, 1.165) is 4.47 Å². The lowest BCUT2D eigenvalue weighted by Gasteiger charge is -2.35. The second kappa shape index (κ2) is 6.96. The molecule has 4 nitrogen and oxygen atoms in total. The van der Waals surface area contributed by atoms with Crippen LogP contribution in [0.25, 0.3) is 0 Å². The van der Waals surface area contributed by atoms with Gasteiger partial charge in [0, 0.05) is 15.6 Å². The molecule has 5 heteroatoms. The summed E-state index contributed by atoms with van der Waals surface area (Å²) in [6, 6.07) is 15.9. The molecule has 0 fully saturated rings. The van der Waals surface area contributed by atoms with Gasteiger partial charge in [-0.15, -0.1) is 0 Å². The number of benzene rings is 2. The fraction of sp³-hybridized carbons (Fsp3) is 0.222. The predicted octanol–water partition coefficient (Wildman–Crippen LogP) is 4.03. The smallest absolute Gasteiger partial charge is 0.267 e. The van der Waals surface area contributed by atoms with Crippen LogP contribution in [0, 0.1) is 0 Å². The highest BCUT2D eigenvalue weighted by atomic mass is 79.9. The zero-order valence-corrected chi connectivity index (χ0v) is 14.9. The third-order valence-corrected chi connectivity index (χ3v) is 3.69. The third-order valence-electron chi connectivity index (χ3n) is 3.19. The van der Waals surface area contributed by atoms with E-state index in [2.05, 4.69) is 21.4 Å². The van der Waals surface area contributed by atoms with Gasteiger partial charge in [0.2, 0.25) is 0 Å². The molecule has 0 aromatic heterocycles. The minimum absolute atomic E-state index is 0.249. The Morgan fingerprint density at radius 2 is 1.57 bits per heavy atom. The number of nitrogens with zero attached hydrogens (tertiary/aromatic N) is 1. The Kier molecular flexibility index (Phi) is 5.21. The van der Waals surface area contributed by atoms with Crippen LogP contribution in [-0.4, -0.2) is 22.4 Å². The summed E-state index contributed by atoms with van der Waals surface area (Å²) in [6.45, 7) is 5.61. The van der Waals surface area contributed by atoms with Crippen molar-refractivity contribution in [1.82, 2.24) is 10.4 Å². The average Bonchev–Trinajstić information content (AvgIpc) is 2.51. The minimum Gasteiger partial charge on any atom is -0.267 e. The molecule has 0 spiro atoms. The van der Waals surface area contributed by atoms with Crippen LogP contribution in [0.15, 0.2) is 59.1 Å². The standard InChI is InChI=1S/C18H19BrN2O2/c1-18(2,3)21(17(23)13-8-5-4-6-9-13)20-16(22)14-10-7-11-15(19)12-14/h4-12H,1-3H3,(H,20,22). The van der Waals surface area contributed by atoms with Crippen LogP contribution < -0.4 is 5.43 Å².